The molecule has 3 rings (SSSR count). The van der Waals surface area contributed by atoms with Gasteiger partial charge in [0.2, 0.25) is 5.91 Å². The molecule has 3 aromatic rings. The lowest BCUT2D eigenvalue weighted by Crippen LogP contribution is -2.38. The maximum Gasteiger partial charge on any atom is 0.416 e. The number of benzene rings is 3. The number of amides is 1. The molecule has 168 valence electrons. The standard InChI is InChI=1S/C22H18ClF3N2O3S/c1-15-5-11-20(12-6-15)32(30,31)28(19-9-7-17(23)8-10-19)14-21(29)27-18-4-2-3-16(13-18)22(24,25)26/h2-13H,14H2,1H3,(H,27,29). The van der Waals surface area contributed by atoms with Gasteiger partial charge in [0.1, 0.15) is 6.54 Å². The summed E-state index contributed by atoms with van der Waals surface area (Å²) in [6.07, 6.45) is -4.58. The van der Waals surface area contributed by atoms with Gasteiger partial charge in [-0.15, -0.1) is 0 Å². The summed E-state index contributed by atoms with van der Waals surface area (Å²) in [4.78, 5) is 12.6. The molecule has 32 heavy (non-hydrogen) atoms. The number of alkyl halides is 3. The van der Waals surface area contributed by atoms with Crippen LogP contribution in [0.15, 0.2) is 77.7 Å². The van der Waals surface area contributed by atoms with E-state index in [4.69, 9.17) is 11.6 Å². The summed E-state index contributed by atoms with van der Waals surface area (Å²) in [5.41, 5.74) is -0.0100. The number of anilines is 2. The molecule has 0 saturated carbocycles. The van der Waals surface area contributed by atoms with Gasteiger partial charge in [0.25, 0.3) is 10.0 Å². The number of halogens is 4. The second-order valence-corrected chi connectivity index (χ2v) is 9.23. The summed E-state index contributed by atoms with van der Waals surface area (Å²) in [5, 5.41) is 2.70. The van der Waals surface area contributed by atoms with E-state index in [9.17, 15) is 26.4 Å². The number of aryl methyl sites for hydroxylation is 1. The first kappa shape index (κ1) is 23.6. The molecule has 3 aromatic carbocycles. The SMILES string of the molecule is Cc1ccc(S(=O)(=O)N(CC(=O)Nc2cccc(C(F)(F)F)c2)c2ccc(Cl)cc2)cc1. The molecule has 0 heterocycles. The maximum atomic E-state index is 13.3. The molecule has 0 aliphatic rings. The van der Waals surface area contributed by atoms with Crippen LogP contribution < -0.4 is 9.62 Å². The molecule has 0 radical (unpaired) electrons. The molecule has 0 bridgehead atoms. The van der Waals surface area contributed by atoms with Gasteiger partial charge in [-0.1, -0.05) is 35.4 Å². The average Bonchev–Trinajstić information content (AvgIpc) is 2.72. The third kappa shape index (κ3) is 5.60. The van der Waals surface area contributed by atoms with Gasteiger partial charge in [0.05, 0.1) is 16.1 Å². The lowest BCUT2D eigenvalue weighted by molar-refractivity contribution is -0.137. The first-order valence-electron chi connectivity index (χ1n) is 9.29. The molecule has 0 atom stereocenters. The fourth-order valence-electron chi connectivity index (χ4n) is 2.86. The predicted molar refractivity (Wildman–Crippen MR) is 117 cm³/mol. The van der Waals surface area contributed by atoms with Crippen LogP contribution in [0, 0.1) is 6.92 Å². The molecule has 1 N–H and O–H groups in total. The van der Waals surface area contributed by atoms with E-state index in [0.717, 1.165) is 28.1 Å². The van der Waals surface area contributed by atoms with Crippen molar-refractivity contribution in [1.82, 2.24) is 0 Å². The summed E-state index contributed by atoms with van der Waals surface area (Å²) in [7, 11) is -4.15. The lowest BCUT2D eigenvalue weighted by Gasteiger charge is -2.24. The summed E-state index contributed by atoms with van der Waals surface area (Å²) in [5.74, 6) is -0.810. The van der Waals surface area contributed by atoms with Crippen LogP contribution in [0.1, 0.15) is 11.1 Å². The Morgan fingerprint density at radius 1 is 1.00 bits per heavy atom. The normalized spacial score (nSPS) is 11.8. The molecular formula is C22H18ClF3N2O3S. The fraction of sp³-hybridized carbons (Fsp3) is 0.136. The van der Waals surface area contributed by atoms with Gasteiger partial charge >= 0.3 is 6.18 Å². The molecule has 0 aliphatic carbocycles. The average molecular weight is 483 g/mol. The minimum atomic E-state index is -4.58. The number of nitrogens with zero attached hydrogens (tertiary/aromatic N) is 1. The van der Waals surface area contributed by atoms with Crippen LogP contribution in [0.4, 0.5) is 24.5 Å². The zero-order chi connectivity index (χ0) is 23.5. The second kappa shape index (κ2) is 9.22. The van der Waals surface area contributed by atoms with Crippen LogP contribution >= 0.6 is 11.6 Å². The van der Waals surface area contributed by atoms with Crippen LogP contribution in [0.5, 0.6) is 0 Å². The van der Waals surface area contributed by atoms with Crippen LogP contribution in [0.3, 0.4) is 0 Å². The Labute approximate surface area is 188 Å². The third-order valence-corrected chi connectivity index (χ3v) is 6.52. The minimum absolute atomic E-state index is 0.0371. The van der Waals surface area contributed by atoms with Gasteiger partial charge in [-0.05, 0) is 61.5 Å². The molecule has 0 saturated heterocycles. The van der Waals surface area contributed by atoms with Gasteiger partial charge in [-0.2, -0.15) is 13.2 Å². The minimum Gasteiger partial charge on any atom is -0.325 e. The number of hydrogen-bond acceptors (Lipinski definition) is 3. The lowest BCUT2D eigenvalue weighted by atomic mass is 10.2. The van der Waals surface area contributed by atoms with E-state index in [1.54, 1.807) is 19.1 Å². The highest BCUT2D eigenvalue weighted by molar-refractivity contribution is 7.92. The number of carbonyl (C=O) groups is 1. The van der Waals surface area contributed by atoms with Crippen molar-refractivity contribution in [3.05, 3.63) is 88.9 Å². The third-order valence-electron chi connectivity index (χ3n) is 4.48. The zero-order valence-electron chi connectivity index (χ0n) is 16.7. The number of nitrogens with one attached hydrogen (secondary N) is 1. The maximum absolute atomic E-state index is 13.3. The molecule has 5 nitrogen and oxygen atoms in total. The van der Waals surface area contributed by atoms with Crippen molar-refractivity contribution in [2.45, 2.75) is 18.0 Å². The Balaban J connectivity index is 1.92. The van der Waals surface area contributed by atoms with E-state index in [2.05, 4.69) is 5.32 Å². The molecule has 0 aliphatic heterocycles. The topological polar surface area (TPSA) is 66.5 Å². The number of sulfonamides is 1. The van der Waals surface area contributed by atoms with Crippen molar-refractivity contribution in [2.24, 2.45) is 0 Å². The molecule has 0 aromatic heterocycles. The number of hydrogen-bond donors (Lipinski definition) is 1. The number of carbonyl (C=O) groups excluding carboxylic acids is 1. The first-order valence-corrected chi connectivity index (χ1v) is 11.1. The van der Waals surface area contributed by atoms with E-state index in [-0.39, 0.29) is 16.3 Å². The van der Waals surface area contributed by atoms with E-state index in [1.165, 1.54) is 42.5 Å². The van der Waals surface area contributed by atoms with E-state index < -0.39 is 34.2 Å². The highest BCUT2D eigenvalue weighted by atomic mass is 35.5. The first-order chi connectivity index (χ1) is 15.0. The van der Waals surface area contributed by atoms with E-state index in [1.807, 2.05) is 0 Å². The van der Waals surface area contributed by atoms with Gasteiger partial charge in [-0.25, -0.2) is 8.42 Å². The predicted octanol–water partition coefficient (Wildman–Crippen LogP) is 5.50. The number of rotatable bonds is 6. The van der Waals surface area contributed by atoms with Crippen molar-refractivity contribution in [2.75, 3.05) is 16.2 Å². The quantitative estimate of drug-likeness (QED) is 0.504. The Morgan fingerprint density at radius 2 is 1.62 bits per heavy atom. The largest absolute Gasteiger partial charge is 0.416 e. The van der Waals surface area contributed by atoms with E-state index in [0.29, 0.717) is 5.02 Å². The second-order valence-electron chi connectivity index (χ2n) is 6.93. The Bertz CT molecular complexity index is 1210. The highest BCUT2D eigenvalue weighted by Crippen LogP contribution is 2.31. The van der Waals surface area contributed by atoms with Crippen LogP contribution in [0.2, 0.25) is 5.02 Å². The highest BCUT2D eigenvalue weighted by Gasteiger charge is 2.31. The van der Waals surface area contributed by atoms with Crippen molar-refractivity contribution in [3.63, 3.8) is 0 Å². The van der Waals surface area contributed by atoms with Gasteiger partial charge in [0.15, 0.2) is 0 Å². The molecule has 1 amide bonds. The smallest absolute Gasteiger partial charge is 0.325 e. The van der Waals surface area contributed by atoms with Crippen molar-refractivity contribution in [1.29, 1.82) is 0 Å². The fourth-order valence-corrected chi connectivity index (χ4v) is 4.41. The molecule has 0 unspecified atom stereocenters. The molecule has 0 fully saturated rings. The van der Waals surface area contributed by atoms with Crippen molar-refractivity contribution in [3.8, 4) is 0 Å². The van der Waals surface area contributed by atoms with Crippen LogP contribution in [-0.2, 0) is 21.0 Å². The summed E-state index contributed by atoms with van der Waals surface area (Å²) < 4.78 is 66.2. The summed E-state index contributed by atoms with van der Waals surface area (Å²) in [6, 6.07) is 16.0. The Hall–Kier alpha value is -3.04. The van der Waals surface area contributed by atoms with Crippen LogP contribution in [-0.4, -0.2) is 20.9 Å². The summed E-state index contributed by atoms with van der Waals surface area (Å²) in [6.45, 7) is 1.14. The van der Waals surface area contributed by atoms with Crippen LogP contribution in [0.25, 0.3) is 0 Å². The zero-order valence-corrected chi connectivity index (χ0v) is 18.3. The van der Waals surface area contributed by atoms with Gasteiger partial charge in [0, 0.05) is 10.7 Å². The van der Waals surface area contributed by atoms with Crippen molar-refractivity contribution < 1.29 is 26.4 Å². The molecule has 0 spiro atoms. The van der Waals surface area contributed by atoms with E-state index >= 15 is 0 Å². The summed E-state index contributed by atoms with van der Waals surface area (Å²) >= 11 is 5.89. The Kier molecular flexibility index (Phi) is 6.80. The van der Waals surface area contributed by atoms with Gasteiger partial charge < -0.3 is 5.32 Å². The van der Waals surface area contributed by atoms with Crippen molar-refractivity contribution >= 4 is 38.9 Å². The monoisotopic (exact) mass is 482 g/mol. The Morgan fingerprint density at radius 3 is 2.22 bits per heavy atom. The van der Waals surface area contributed by atoms with Gasteiger partial charge in [-0.3, -0.25) is 9.10 Å². The molecular weight excluding hydrogens is 465 g/mol. The molecule has 10 heteroatoms.